The van der Waals surface area contributed by atoms with Crippen LogP contribution in [0.2, 0.25) is 0 Å². The van der Waals surface area contributed by atoms with Crippen LogP contribution < -0.4 is 10.5 Å². The summed E-state index contributed by atoms with van der Waals surface area (Å²) >= 11 is 0. The number of rotatable bonds is 5. The van der Waals surface area contributed by atoms with E-state index < -0.39 is 0 Å². The van der Waals surface area contributed by atoms with Crippen molar-refractivity contribution in [1.29, 1.82) is 0 Å². The molecule has 100 valence electrons. The van der Waals surface area contributed by atoms with Crippen molar-refractivity contribution >= 4 is 0 Å². The Hall–Kier alpha value is -1.02. The molecule has 0 aromatic heterocycles. The normalized spacial score (nSPS) is 17.9. The maximum atomic E-state index is 6.02. The molecule has 2 rings (SSSR count). The van der Waals surface area contributed by atoms with Crippen molar-refractivity contribution in [2.45, 2.75) is 45.4 Å². The lowest BCUT2D eigenvalue weighted by atomic mass is 9.83. The van der Waals surface area contributed by atoms with Crippen molar-refractivity contribution in [3.05, 3.63) is 29.3 Å². The van der Waals surface area contributed by atoms with Crippen LogP contribution in [0.5, 0.6) is 5.75 Å². The summed E-state index contributed by atoms with van der Waals surface area (Å²) in [6.45, 7) is 5.68. The summed E-state index contributed by atoms with van der Waals surface area (Å²) < 4.78 is 5.55. The van der Waals surface area contributed by atoms with E-state index >= 15 is 0 Å². The standard InChI is InChI=1S/C16H25NO/c1-3-18-14-8-9-15(12(2)10-14)16(11-17)13-6-4-5-7-13/h8-10,13,16H,3-7,11,17H2,1-2H3. The summed E-state index contributed by atoms with van der Waals surface area (Å²) in [5.41, 5.74) is 8.77. The fourth-order valence-electron chi connectivity index (χ4n) is 3.25. The number of nitrogens with two attached hydrogens (primary N) is 1. The summed E-state index contributed by atoms with van der Waals surface area (Å²) in [5.74, 6) is 2.29. The van der Waals surface area contributed by atoms with E-state index in [4.69, 9.17) is 10.5 Å². The van der Waals surface area contributed by atoms with Crippen LogP contribution in [0.3, 0.4) is 0 Å². The van der Waals surface area contributed by atoms with E-state index in [1.54, 1.807) is 0 Å². The molecule has 1 fully saturated rings. The monoisotopic (exact) mass is 247 g/mol. The van der Waals surface area contributed by atoms with Gasteiger partial charge in [0.1, 0.15) is 5.75 Å². The van der Waals surface area contributed by atoms with Gasteiger partial charge in [0.25, 0.3) is 0 Å². The second-order valence-electron chi connectivity index (χ2n) is 5.34. The molecular weight excluding hydrogens is 222 g/mol. The first kappa shape index (κ1) is 13.4. The minimum absolute atomic E-state index is 0.531. The van der Waals surface area contributed by atoms with Gasteiger partial charge in [-0.05, 0) is 68.3 Å². The first-order valence-corrected chi connectivity index (χ1v) is 7.19. The van der Waals surface area contributed by atoms with Gasteiger partial charge in [0.05, 0.1) is 6.61 Å². The molecule has 1 aromatic carbocycles. The Morgan fingerprint density at radius 3 is 2.61 bits per heavy atom. The lowest BCUT2D eigenvalue weighted by Gasteiger charge is -2.24. The smallest absolute Gasteiger partial charge is 0.119 e. The third-order valence-corrected chi connectivity index (χ3v) is 4.17. The molecule has 0 spiro atoms. The van der Waals surface area contributed by atoms with Crippen LogP contribution in [0, 0.1) is 12.8 Å². The third-order valence-electron chi connectivity index (χ3n) is 4.17. The predicted molar refractivity (Wildman–Crippen MR) is 76.1 cm³/mol. The van der Waals surface area contributed by atoms with Crippen molar-refractivity contribution in [2.24, 2.45) is 11.7 Å². The molecule has 1 aliphatic carbocycles. The van der Waals surface area contributed by atoms with Gasteiger partial charge >= 0.3 is 0 Å². The number of hydrogen-bond donors (Lipinski definition) is 1. The first-order valence-electron chi connectivity index (χ1n) is 7.19. The van der Waals surface area contributed by atoms with Gasteiger partial charge < -0.3 is 10.5 Å². The minimum Gasteiger partial charge on any atom is -0.494 e. The van der Waals surface area contributed by atoms with Crippen LogP contribution in [-0.4, -0.2) is 13.2 Å². The predicted octanol–water partition coefficient (Wildman–Crippen LogP) is 3.63. The molecule has 1 atom stereocenters. The van der Waals surface area contributed by atoms with Gasteiger partial charge in [-0.2, -0.15) is 0 Å². The van der Waals surface area contributed by atoms with Gasteiger partial charge in [-0.25, -0.2) is 0 Å². The Labute approximate surface area is 111 Å². The second kappa shape index (κ2) is 6.24. The maximum absolute atomic E-state index is 6.02. The molecule has 1 aromatic rings. The van der Waals surface area contributed by atoms with Crippen LogP contribution >= 0.6 is 0 Å². The summed E-state index contributed by atoms with van der Waals surface area (Å²) in [4.78, 5) is 0. The Bertz CT molecular complexity index is 383. The van der Waals surface area contributed by atoms with Gasteiger partial charge in [-0.1, -0.05) is 18.9 Å². The highest BCUT2D eigenvalue weighted by molar-refractivity contribution is 5.37. The molecular formula is C16H25NO. The molecule has 0 saturated heterocycles. The zero-order valence-electron chi connectivity index (χ0n) is 11.6. The van der Waals surface area contributed by atoms with Gasteiger partial charge in [-0.3, -0.25) is 0 Å². The van der Waals surface area contributed by atoms with Crippen molar-refractivity contribution in [1.82, 2.24) is 0 Å². The lowest BCUT2D eigenvalue weighted by molar-refractivity contribution is 0.339. The van der Waals surface area contributed by atoms with E-state index in [9.17, 15) is 0 Å². The molecule has 0 aliphatic heterocycles. The van der Waals surface area contributed by atoms with Gasteiger partial charge in [0.2, 0.25) is 0 Å². The Morgan fingerprint density at radius 1 is 1.33 bits per heavy atom. The molecule has 2 nitrogen and oxygen atoms in total. The zero-order chi connectivity index (χ0) is 13.0. The Morgan fingerprint density at radius 2 is 2.06 bits per heavy atom. The highest BCUT2D eigenvalue weighted by Gasteiger charge is 2.26. The van der Waals surface area contributed by atoms with Crippen LogP contribution in [-0.2, 0) is 0 Å². The molecule has 0 radical (unpaired) electrons. The van der Waals surface area contributed by atoms with Crippen molar-refractivity contribution in [3.63, 3.8) is 0 Å². The Kier molecular flexibility index (Phi) is 4.65. The van der Waals surface area contributed by atoms with E-state index in [0.29, 0.717) is 5.92 Å². The van der Waals surface area contributed by atoms with Crippen LogP contribution in [0.4, 0.5) is 0 Å². The van der Waals surface area contributed by atoms with Gasteiger partial charge in [0.15, 0.2) is 0 Å². The third kappa shape index (κ3) is 2.86. The molecule has 1 saturated carbocycles. The summed E-state index contributed by atoms with van der Waals surface area (Å²) in [7, 11) is 0. The maximum Gasteiger partial charge on any atom is 0.119 e. The molecule has 0 bridgehead atoms. The average Bonchev–Trinajstić information content (AvgIpc) is 2.87. The van der Waals surface area contributed by atoms with Gasteiger partial charge in [-0.15, -0.1) is 0 Å². The van der Waals surface area contributed by atoms with E-state index in [-0.39, 0.29) is 0 Å². The summed E-state index contributed by atoms with van der Waals surface area (Å²) in [6, 6.07) is 6.45. The molecule has 2 heteroatoms. The number of benzene rings is 1. The van der Waals surface area contributed by atoms with Crippen LogP contribution in [0.25, 0.3) is 0 Å². The van der Waals surface area contributed by atoms with E-state index in [1.165, 1.54) is 36.8 Å². The lowest BCUT2D eigenvalue weighted by Crippen LogP contribution is -2.20. The number of aryl methyl sites for hydroxylation is 1. The van der Waals surface area contributed by atoms with E-state index in [2.05, 4.69) is 25.1 Å². The highest BCUT2D eigenvalue weighted by atomic mass is 16.5. The van der Waals surface area contributed by atoms with E-state index in [0.717, 1.165) is 24.8 Å². The molecule has 0 amide bonds. The molecule has 0 heterocycles. The second-order valence-corrected chi connectivity index (χ2v) is 5.34. The zero-order valence-corrected chi connectivity index (χ0v) is 11.6. The Balaban J connectivity index is 2.19. The largest absolute Gasteiger partial charge is 0.494 e. The van der Waals surface area contributed by atoms with E-state index in [1.807, 2.05) is 6.92 Å². The molecule has 18 heavy (non-hydrogen) atoms. The minimum atomic E-state index is 0.531. The topological polar surface area (TPSA) is 35.2 Å². The SMILES string of the molecule is CCOc1ccc(C(CN)C2CCCC2)c(C)c1. The number of ether oxygens (including phenoxy) is 1. The molecule has 1 unspecified atom stereocenters. The van der Waals surface area contributed by atoms with Gasteiger partial charge in [0, 0.05) is 0 Å². The van der Waals surface area contributed by atoms with Crippen LogP contribution in [0.15, 0.2) is 18.2 Å². The van der Waals surface area contributed by atoms with Crippen molar-refractivity contribution < 1.29 is 4.74 Å². The summed E-state index contributed by atoms with van der Waals surface area (Å²) in [5, 5.41) is 0. The average molecular weight is 247 g/mol. The molecule has 2 N–H and O–H groups in total. The quantitative estimate of drug-likeness (QED) is 0.862. The number of hydrogen-bond acceptors (Lipinski definition) is 2. The first-order chi connectivity index (χ1) is 8.76. The van der Waals surface area contributed by atoms with Crippen molar-refractivity contribution in [2.75, 3.05) is 13.2 Å². The fourth-order valence-corrected chi connectivity index (χ4v) is 3.25. The molecule has 1 aliphatic rings. The fraction of sp³-hybridized carbons (Fsp3) is 0.625. The summed E-state index contributed by atoms with van der Waals surface area (Å²) in [6.07, 6.45) is 5.43. The highest BCUT2D eigenvalue weighted by Crippen LogP contribution is 2.38. The van der Waals surface area contributed by atoms with Crippen molar-refractivity contribution in [3.8, 4) is 5.75 Å². The van der Waals surface area contributed by atoms with Crippen LogP contribution in [0.1, 0.15) is 49.7 Å².